The van der Waals surface area contributed by atoms with Gasteiger partial charge in [0, 0.05) is 30.4 Å². The largest absolute Gasteiger partial charge is 0.416 e. The minimum Gasteiger partial charge on any atom is -0.347 e. The molecule has 3 rings (SSSR count). The molecule has 1 amide bonds. The average Bonchev–Trinajstić information content (AvgIpc) is 3.01. The Morgan fingerprint density at radius 1 is 0.893 bits per heavy atom. The van der Waals surface area contributed by atoms with Crippen LogP contribution in [0.25, 0.3) is 10.9 Å². The Labute approximate surface area is 155 Å². The zero-order chi connectivity index (χ0) is 20.5. The molecule has 1 aromatic heterocycles. The third-order valence-corrected chi connectivity index (χ3v) is 4.13. The van der Waals surface area contributed by atoms with Crippen LogP contribution in [0.3, 0.4) is 0 Å². The zero-order valence-electron chi connectivity index (χ0n) is 14.2. The van der Waals surface area contributed by atoms with E-state index in [0.29, 0.717) is 12.1 Å². The van der Waals surface area contributed by atoms with Gasteiger partial charge in [0.05, 0.1) is 11.1 Å². The highest BCUT2D eigenvalue weighted by Crippen LogP contribution is 2.37. The molecule has 0 saturated carbocycles. The van der Waals surface area contributed by atoms with Crippen LogP contribution in [-0.2, 0) is 23.7 Å². The lowest BCUT2D eigenvalue weighted by atomic mass is 10.1. The average molecular weight is 400 g/mol. The predicted octanol–water partition coefficient (Wildman–Crippen LogP) is 5.71. The number of aryl methyl sites for hydroxylation is 1. The molecule has 0 fully saturated rings. The molecule has 0 aliphatic heterocycles. The molecule has 0 aliphatic rings. The van der Waals surface area contributed by atoms with E-state index in [1.165, 1.54) is 0 Å². The van der Waals surface area contributed by atoms with Crippen molar-refractivity contribution in [2.75, 3.05) is 5.32 Å². The lowest BCUT2D eigenvalue weighted by Crippen LogP contribution is -2.17. The number of nitrogens with zero attached hydrogens (tertiary/aromatic N) is 1. The number of hydrogen-bond acceptors (Lipinski definition) is 1. The molecule has 1 heterocycles. The predicted molar refractivity (Wildman–Crippen MR) is 91.6 cm³/mol. The molecule has 3 nitrogen and oxygen atoms in total. The molecular weight excluding hydrogens is 386 g/mol. The number of halogens is 6. The Morgan fingerprint density at radius 2 is 1.50 bits per heavy atom. The number of hydrogen-bond donors (Lipinski definition) is 1. The lowest BCUT2D eigenvalue weighted by Gasteiger charge is -2.15. The van der Waals surface area contributed by atoms with E-state index in [9.17, 15) is 31.1 Å². The van der Waals surface area contributed by atoms with Crippen molar-refractivity contribution >= 4 is 22.5 Å². The number of rotatable bonds is 4. The van der Waals surface area contributed by atoms with E-state index in [4.69, 9.17) is 0 Å². The second kappa shape index (κ2) is 7.21. The van der Waals surface area contributed by atoms with Gasteiger partial charge in [-0.2, -0.15) is 26.3 Å². The molecule has 0 unspecified atom stereocenters. The molecule has 0 bridgehead atoms. The molecule has 0 saturated heterocycles. The van der Waals surface area contributed by atoms with Gasteiger partial charge in [0.1, 0.15) is 0 Å². The van der Waals surface area contributed by atoms with Crippen molar-refractivity contribution in [3.8, 4) is 0 Å². The molecule has 3 aromatic rings. The third kappa shape index (κ3) is 4.47. The van der Waals surface area contributed by atoms with Crippen LogP contribution in [-0.4, -0.2) is 10.5 Å². The number of amides is 1. The number of carbonyl (C=O) groups is 1. The summed E-state index contributed by atoms with van der Waals surface area (Å²) in [5.74, 6) is -0.690. The fourth-order valence-electron chi connectivity index (χ4n) is 2.81. The highest BCUT2D eigenvalue weighted by atomic mass is 19.4. The molecule has 0 spiro atoms. The van der Waals surface area contributed by atoms with Gasteiger partial charge in [-0.15, -0.1) is 0 Å². The number of carbonyl (C=O) groups excluding carboxylic acids is 1. The summed E-state index contributed by atoms with van der Waals surface area (Å²) >= 11 is 0. The van der Waals surface area contributed by atoms with Gasteiger partial charge in [-0.1, -0.05) is 18.2 Å². The van der Waals surface area contributed by atoms with Crippen LogP contribution in [0.2, 0.25) is 0 Å². The van der Waals surface area contributed by atoms with Gasteiger partial charge < -0.3 is 9.88 Å². The number of benzene rings is 2. The summed E-state index contributed by atoms with van der Waals surface area (Å²) in [4.78, 5) is 12.1. The molecule has 0 atom stereocenters. The Morgan fingerprint density at radius 3 is 2.11 bits per heavy atom. The molecule has 0 aliphatic carbocycles. The summed E-state index contributed by atoms with van der Waals surface area (Å²) in [6.07, 6.45) is -8.30. The van der Waals surface area contributed by atoms with Crippen LogP contribution < -0.4 is 5.32 Å². The van der Waals surface area contributed by atoms with Gasteiger partial charge in [-0.3, -0.25) is 4.79 Å². The number of para-hydroxylation sites is 1. The van der Waals surface area contributed by atoms with Crippen LogP contribution in [0.1, 0.15) is 17.5 Å². The number of nitrogens with one attached hydrogen (secondary N) is 1. The first kappa shape index (κ1) is 19.8. The second-order valence-electron chi connectivity index (χ2n) is 6.16. The maximum Gasteiger partial charge on any atom is 0.416 e. The first-order valence-corrected chi connectivity index (χ1v) is 8.17. The van der Waals surface area contributed by atoms with E-state index in [0.717, 1.165) is 10.9 Å². The van der Waals surface area contributed by atoms with Crippen molar-refractivity contribution in [2.45, 2.75) is 25.3 Å². The maximum absolute atomic E-state index is 12.9. The van der Waals surface area contributed by atoms with Crippen molar-refractivity contribution in [3.05, 3.63) is 65.9 Å². The summed E-state index contributed by atoms with van der Waals surface area (Å²) < 4.78 is 79.0. The Hall–Kier alpha value is -2.97. The van der Waals surface area contributed by atoms with Gasteiger partial charge in [-0.25, -0.2) is 0 Å². The number of aromatic nitrogens is 1. The highest BCUT2D eigenvalue weighted by Gasteiger charge is 2.37. The van der Waals surface area contributed by atoms with Crippen LogP contribution in [0.5, 0.6) is 0 Å². The van der Waals surface area contributed by atoms with Crippen molar-refractivity contribution in [2.24, 2.45) is 0 Å². The van der Waals surface area contributed by atoms with Crippen LogP contribution in [0, 0.1) is 0 Å². The van der Waals surface area contributed by atoms with Crippen LogP contribution in [0.4, 0.5) is 32.0 Å². The van der Waals surface area contributed by atoms with E-state index in [1.807, 2.05) is 30.3 Å². The molecule has 148 valence electrons. The summed E-state index contributed by atoms with van der Waals surface area (Å²) in [6.45, 7) is 0.227. The van der Waals surface area contributed by atoms with Gasteiger partial charge in [0.15, 0.2) is 0 Å². The van der Waals surface area contributed by atoms with Gasteiger partial charge >= 0.3 is 12.4 Å². The van der Waals surface area contributed by atoms with Gasteiger partial charge in [0.25, 0.3) is 0 Å². The van der Waals surface area contributed by atoms with Crippen molar-refractivity contribution < 1.29 is 31.1 Å². The first-order chi connectivity index (χ1) is 13.0. The van der Waals surface area contributed by atoms with Crippen molar-refractivity contribution in [1.29, 1.82) is 0 Å². The number of anilines is 1. The van der Waals surface area contributed by atoms with Crippen molar-refractivity contribution in [3.63, 3.8) is 0 Å². The third-order valence-electron chi connectivity index (χ3n) is 4.13. The summed E-state index contributed by atoms with van der Waals surface area (Å²) in [7, 11) is 0. The fraction of sp³-hybridized carbons (Fsp3) is 0.211. The van der Waals surface area contributed by atoms with E-state index in [-0.39, 0.29) is 19.0 Å². The molecule has 1 N–H and O–H groups in total. The minimum atomic E-state index is -4.97. The topological polar surface area (TPSA) is 34.0 Å². The Balaban J connectivity index is 1.76. The van der Waals surface area contributed by atoms with E-state index in [2.05, 4.69) is 5.32 Å². The maximum atomic E-state index is 12.9. The van der Waals surface area contributed by atoms with Crippen molar-refractivity contribution in [1.82, 2.24) is 4.57 Å². The summed E-state index contributed by atoms with van der Waals surface area (Å²) in [5, 5.41) is 3.08. The Bertz CT molecular complexity index is 971. The van der Waals surface area contributed by atoms with E-state index < -0.39 is 35.1 Å². The van der Waals surface area contributed by atoms with Gasteiger partial charge in [0.2, 0.25) is 5.91 Å². The SMILES string of the molecule is O=C(CCn1ccc2ccccc21)Nc1cc(C(F)(F)F)cc(C(F)(F)F)c1. The summed E-state index contributed by atoms with van der Waals surface area (Å²) in [6, 6.07) is 10.2. The second-order valence-corrected chi connectivity index (χ2v) is 6.16. The van der Waals surface area contributed by atoms with Gasteiger partial charge in [-0.05, 0) is 35.7 Å². The number of fused-ring (bicyclic) bond motifs is 1. The van der Waals surface area contributed by atoms with Crippen LogP contribution >= 0.6 is 0 Å². The molecule has 0 radical (unpaired) electrons. The highest BCUT2D eigenvalue weighted by molar-refractivity contribution is 5.91. The number of alkyl halides is 6. The first-order valence-electron chi connectivity index (χ1n) is 8.17. The normalized spacial score (nSPS) is 12.4. The quantitative estimate of drug-likeness (QED) is 0.560. The van der Waals surface area contributed by atoms with Crippen LogP contribution in [0.15, 0.2) is 54.7 Å². The molecular formula is C19H14F6N2O. The zero-order valence-corrected chi connectivity index (χ0v) is 14.2. The van der Waals surface area contributed by atoms with E-state index >= 15 is 0 Å². The van der Waals surface area contributed by atoms with E-state index in [1.54, 1.807) is 10.8 Å². The fourth-order valence-corrected chi connectivity index (χ4v) is 2.81. The molecule has 2 aromatic carbocycles. The standard InChI is InChI=1S/C19H14F6N2O/c20-18(21,22)13-9-14(19(23,24)25)11-15(10-13)26-17(28)6-8-27-7-5-12-3-1-2-4-16(12)27/h1-5,7,9-11H,6,8H2,(H,26,28). The summed E-state index contributed by atoms with van der Waals surface area (Å²) in [5.41, 5.74) is -2.64. The molecule has 28 heavy (non-hydrogen) atoms. The lowest BCUT2D eigenvalue weighted by molar-refractivity contribution is -0.143. The molecule has 9 heteroatoms. The Kier molecular flexibility index (Phi) is 5.10. The monoisotopic (exact) mass is 400 g/mol. The minimum absolute atomic E-state index is 0.0155. The smallest absolute Gasteiger partial charge is 0.347 e.